The number of hydrogen-bond acceptors (Lipinski definition) is 2. The number of piperazine rings is 1. The van der Waals surface area contributed by atoms with Gasteiger partial charge in [0.25, 0.3) is 0 Å². The van der Waals surface area contributed by atoms with E-state index in [1.807, 2.05) is 9.80 Å². The second-order valence-electron chi connectivity index (χ2n) is 6.23. The van der Waals surface area contributed by atoms with E-state index in [2.05, 4.69) is 6.92 Å². The highest BCUT2D eigenvalue weighted by molar-refractivity contribution is 5.95. The predicted molar refractivity (Wildman–Crippen MR) is 67.9 cm³/mol. The van der Waals surface area contributed by atoms with Gasteiger partial charge in [-0.15, -0.1) is 0 Å². The van der Waals surface area contributed by atoms with E-state index in [-0.39, 0.29) is 23.4 Å². The van der Waals surface area contributed by atoms with Crippen molar-refractivity contribution < 1.29 is 9.59 Å². The molecule has 0 aromatic heterocycles. The van der Waals surface area contributed by atoms with Crippen molar-refractivity contribution in [2.45, 2.75) is 63.5 Å². The summed E-state index contributed by atoms with van der Waals surface area (Å²) >= 11 is 0. The SMILES string of the molecule is CC1(N2CC(=O)N3CCCCC3C2=O)CCCC1. The van der Waals surface area contributed by atoms with Crippen molar-refractivity contribution in [3.8, 4) is 0 Å². The van der Waals surface area contributed by atoms with Gasteiger partial charge in [0.1, 0.15) is 12.6 Å². The van der Waals surface area contributed by atoms with Gasteiger partial charge in [0.05, 0.1) is 0 Å². The molecule has 2 saturated heterocycles. The van der Waals surface area contributed by atoms with Gasteiger partial charge in [-0.2, -0.15) is 0 Å². The van der Waals surface area contributed by atoms with Gasteiger partial charge in [0.2, 0.25) is 11.8 Å². The van der Waals surface area contributed by atoms with Crippen LogP contribution in [0.3, 0.4) is 0 Å². The van der Waals surface area contributed by atoms with Gasteiger partial charge in [-0.05, 0) is 39.0 Å². The van der Waals surface area contributed by atoms with E-state index in [9.17, 15) is 9.59 Å². The fourth-order valence-corrected chi connectivity index (χ4v) is 3.83. The molecule has 1 saturated carbocycles. The molecule has 0 N–H and O–H groups in total. The van der Waals surface area contributed by atoms with Crippen molar-refractivity contribution in [2.24, 2.45) is 0 Å². The van der Waals surface area contributed by atoms with Crippen LogP contribution in [0, 0.1) is 0 Å². The Labute approximate surface area is 108 Å². The highest BCUT2D eigenvalue weighted by Gasteiger charge is 2.47. The first-order valence-electron chi connectivity index (χ1n) is 7.23. The minimum Gasteiger partial charge on any atom is -0.329 e. The van der Waals surface area contributed by atoms with Crippen molar-refractivity contribution in [1.29, 1.82) is 0 Å². The van der Waals surface area contributed by atoms with E-state index in [1.54, 1.807) is 0 Å². The lowest BCUT2D eigenvalue weighted by Crippen LogP contribution is -2.65. The smallest absolute Gasteiger partial charge is 0.246 e. The summed E-state index contributed by atoms with van der Waals surface area (Å²) in [5.41, 5.74) is -0.0592. The monoisotopic (exact) mass is 250 g/mol. The van der Waals surface area contributed by atoms with Crippen LogP contribution >= 0.6 is 0 Å². The molecule has 18 heavy (non-hydrogen) atoms. The van der Waals surface area contributed by atoms with Crippen LogP contribution in [0.2, 0.25) is 0 Å². The number of fused-ring (bicyclic) bond motifs is 1. The van der Waals surface area contributed by atoms with Gasteiger partial charge in [0, 0.05) is 12.1 Å². The lowest BCUT2D eigenvalue weighted by molar-refractivity contribution is -0.163. The maximum atomic E-state index is 12.6. The summed E-state index contributed by atoms with van der Waals surface area (Å²) in [5.74, 6) is 0.367. The molecule has 0 aromatic rings. The molecule has 2 aliphatic heterocycles. The molecule has 3 aliphatic rings. The Balaban J connectivity index is 1.84. The summed E-state index contributed by atoms with van der Waals surface area (Å²) in [4.78, 5) is 28.6. The molecule has 1 unspecified atom stereocenters. The fraction of sp³-hybridized carbons (Fsp3) is 0.857. The van der Waals surface area contributed by atoms with E-state index in [0.29, 0.717) is 6.54 Å². The number of piperidine rings is 1. The van der Waals surface area contributed by atoms with Crippen molar-refractivity contribution in [3.63, 3.8) is 0 Å². The lowest BCUT2D eigenvalue weighted by Gasteiger charge is -2.48. The zero-order chi connectivity index (χ0) is 12.8. The summed E-state index contributed by atoms with van der Waals surface area (Å²) in [6, 6.07) is -0.155. The molecule has 3 fully saturated rings. The quantitative estimate of drug-likeness (QED) is 0.708. The molecule has 2 heterocycles. The van der Waals surface area contributed by atoms with Crippen molar-refractivity contribution >= 4 is 11.8 Å². The number of carbonyl (C=O) groups is 2. The molecule has 1 aliphatic carbocycles. The van der Waals surface area contributed by atoms with Crippen LogP contribution in [0.25, 0.3) is 0 Å². The van der Waals surface area contributed by atoms with E-state index >= 15 is 0 Å². The van der Waals surface area contributed by atoms with Crippen molar-refractivity contribution in [2.75, 3.05) is 13.1 Å². The Morgan fingerprint density at radius 3 is 2.56 bits per heavy atom. The lowest BCUT2D eigenvalue weighted by atomic mass is 9.91. The van der Waals surface area contributed by atoms with Crippen LogP contribution < -0.4 is 0 Å². The van der Waals surface area contributed by atoms with Crippen LogP contribution in [0.1, 0.15) is 51.9 Å². The Kier molecular flexibility index (Phi) is 2.83. The van der Waals surface area contributed by atoms with E-state index in [0.717, 1.165) is 38.6 Å². The molecule has 2 amide bonds. The van der Waals surface area contributed by atoms with Crippen LogP contribution in [-0.4, -0.2) is 46.3 Å². The van der Waals surface area contributed by atoms with Gasteiger partial charge >= 0.3 is 0 Å². The third kappa shape index (κ3) is 1.73. The maximum Gasteiger partial charge on any atom is 0.246 e. The van der Waals surface area contributed by atoms with Crippen LogP contribution in [0.5, 0.6) is 0 Å². The Morgan fingerprint density at radius 1 is 1.11 bits per heavy atom. The van der Waals surface area contributed by atoms with E-state index in [1.165, 1.54) is 12.8 Å². The van der Waals surface area contributed by atoms with Gasteiger partial charge in [-0.25, -0.2) is 0 Å². The number of rotatable bonds is 1. The molecule has 100 valence electrons. The Hall–Kier alpha value is -1.06. The first kappa shape index (κ1) is 12.0. The average molecular weight is 250 g/mol. The van der Waals surface area contributed by atoms with Crippen LogP contribution in [-0.2, 0) is 9.59 Å². The predicted octanol–water partition coefficient (Wildman–Crippen LogP) is 1.54. The molecule has 0 aromatic carbocycles. The highest BCUT2D eigenvalue weighted by Crippen LogP contribution is 2.37. The fourth-order valence-electron chi connectivity index (χ4n) is 3.83. The van der Waals surface area contributed by atoms with Crippen LogP contribution in [0.4, 0.5) is 0 Å². The zero-order valence-electron chi connectivity index (χ0n) is 11.2. The second-order valence-corrected chi connectivity index (χ2v) is 6.23. The van der Waals surface area contributed by atoms with E-state index < -0.39 is 0 Å². The van der Waals surface area contributed by atoms with Crippen molar-refractivity contribution in [1.82, 2.24) is 9.80 Å². The Bertz CT molecular complexity index is 374. The normalized spacial score (nSPS) is 31.7. The molecule has 3 rings (SSSR count). The summed E-state index contributed by atoms with van der Waals surface area (Å²) < 4.78 is 0. The summed E-state index contributed by atoms with van der Waals surface area (Å²) in [7, 11) is 0. The minimum absolute atomic E-state index is 0.0592. The maximum absolute atomic E-state index is 12.6. The number of amides is 2. The summed E-state index contributed by atoms with van der Waals surface area (Å²) in [6.07, 6.45) is 7.46. The molecule has 4 nitrogen and oxygen atoms in total. The third-order valence-electron chi connectivity index (χ3n) is 5.00. The van der Waals surface area contributed by atoms with Crippen molar-refractivity contribution in [3.05, 3.63) is 0 Å². The average Bonchev–Trinajstić information content (AvgIpc) is 2.82. The molecule has 4 heteroatoms. The number of hydrogen-bond donors (Lipinski definition) is 0. The largest absolute Gasteiger partial charge is 0.329 e. The van der Waals surface area contributed by atoms with Gasteiger partial charge in [-0.1, -0.05) is 12.8 Å². The molecule has 0 radical (unpaired) electrons. The van der Waals surface area contributed by atoms with Gasteiger partial charge in [-0.3, -0.25) is 9.59 Å². The first-order valence-corrected chi connectivity index (χ1v) is 7.23. The number of nitrogens with zero attached hydrogens (tertiary/aromatic N) is 2. The van der Waals surface area contributed by atoms with E-state index in [4.69, 9.17) is 0 Å². The molecular weight excluding hydrogens is 228 g/mol. The molecule has 0 spiro atoms. The zero-order valence-corrected chi connectivity index (χ0v) is 11.2. The third-order valence-corrected chi connectivity index (χ3v) is 5.00. The van der Waals surface area contributed by atoms with Crippen LogP contribution in [0.15, 0.2) is 0 Å². The topological polar surface area (TPSA) is 40.6 Å². The number of carbonyl (C=O) groups excluding carboxylic acids is 2. The highest BCUT2D eigenvalue weighted by atomic mass is 16.2. The first-order chi connectivity index (χ1) is 8.62. The summed E-state index contributed by atoms with van der Waals surface area (Å²) in [6.45, 7) is 3.25. The second kappa shape index (κ2) is 4.25. The molecule has 0 bridgehead atoms. The Morgan fingerprint density at radius 2 is 1.83 bits per heavy atom. The van der Waals surface area contributed by atoms with Gasteiger partial charge in [0.15, 0.2) is 0 Å². The minimum atomic E-state index is -0.155. The molecule has 1 atom stereocenters. The molecular formula is C14H22N2O2. The standard InChI is InChI=1S/C14H22N2O2/c1-14(7-3-4-8-14)16-10-12(17)15-9-5-2-6-11(15)13(16)18/h11H,2-10H2,1H3. The van der Waals surface area contributed by atoms with Gasteiger partial charge < -0.3 is 9.80 Å². The summed E-state index contributed by atoms with van der Waals surface area (Å²) in [5, 5.41) is 0.